The largest absolute Gasteiger partial charge is 0.490 e. The Labute approximate surface area is 171 Å². The van der Waals surface area contributed by atoms with Crippen molar-refractivity contribution >= 4 is 29.2 Å². The van der Waals surface area contributed by atoms with Gasteiger partial charge in [0.2, 0.25) is 0 Å². The normalized spacial score (nSPS) is 20.7. The van der Waals surface area contributed by atoms with E-state index in [9.17, 15) is 4.79 Å². The van der Waals surface area contributed by atoms with Crippen LogP contribution in [0, 0.1) is 5.92 Å². The first kappa shape index (κ1) is 20.7. The molecule has 1 aromatic carbocycles. The molecule has 2 fully saturated rings. The number of halogens is 2. The third kappa shape index (κ3) is 6.53. The summed E-state index contributed by atoms with van der Waals surface area (Å²) in [4.78, 5) is 15.5. The Hall–Kier alpha value is -1.01. The molecule has 0 bridgehead atoms. The number of aliphatic carboxylic acids is 1. The Morgan fingerprint density at radius 3 is 2.33 bits per heavy atom. The van der Waals surface area contributed by atoms with Crippen molar-refractivity contribution in [2.75, 3.05) is 39.3 Å². The molecular formula is C20H28Cl2N2O3. The summed E-state index contributed by atoms with van der Waals surface area (Å²) in [6, 6.07) is 5.43. The van der Waals surface area contributed by atoms with Gasteiger partial charge in [-0.25, -0.2) is 0 Å². The third-order valence-corrected chi connectivity index (χ3v) is 6.33. The highest BCUT2D eigenvalue weighted by atomic mass is 35.5. The average molecular weight is 415 g/mol. The number of benzene rings is 1. The topological polar surface area (TPSA) is 53.0 Å². The minimum atomic E-state index is -0.705. The zero-order valence-electron chi connectivity index (χ0n) is 15.6. The highest BCUT2D eigenvalue weighted by Crippen LogP contribution is 2.28. The van der Waals surface area contributed by atoms with E-state index in [2.05, 4.69) is 9.80 Å². The highest BCUT2D eigenvalue weighted by Gasteiger charge is 2.25. The van der Waals surface area contributed by atoms with E-state index in [0.29, 0.717) is 16.6 Å². The molecule has 7 heteroatoms. The number of rotatable bonds is 7. The molecule has 2 aliphatic heterocycles. The molecule has 1 aromatic rings. The van der Waals surface area contributed by atoms with Gasteiger partial charge in [-0.05, 0) is 56.8 Å². The first-order valence-electron chi connectivity index (χ1n) is 9.78. The summed E-state index contributed by atoms with van der Waals surface area (Å²) in [7, 11) is 0. The van der Waals surface area contributed by atoms with Gasteiger partial charge in [0.15, 0.2) is 0 Å². The number of piperidine rings is 2. The molecule has 0 aromatic heterocycles. The molecule has 2 heterocycles. The van der Waals surface area contributed by atoms with Crippen LogP contribution in [0.1, 0.15) is 32.1 Å². The van der Waals surface area contributed by atoms with Gasteiger partial charge in [0.25, 0.3) is 0 Å². The molecular weight excluding hydrogens is 387 g/mol. The maximum absolute atomic E-state index is 10.7. The third-order valence-electron chi connectivity index (χ3n) is 5.59. The summed E-state index contributed by atoms with van der Waals surface area (Å²) in [5.41, 5.74) is 0. The van der Waals surface area contributed by atoms with Crippen molar-refractivity contribution in [3.05, 3.63) is 28.2 Å². The Morgan fingerprint density at radius 2 is 1.70 bits per heavy atom. The van der Waals surface area contributed by atoms with Gasteiger partial charge < -0.3 is 19.6 Å². The second kappa shape index (κ2) is 9.97. The smallest absolute Gasteiger partial charge is 0.304 e. The molecule has 0 saturated carbocycles. The number of carbonyl (C=O) groups is 1. The Morgan fingerprint density at radius 1 is 1.04 bits per heavy atom. The zero-order valence-corrected chi connectivity index (χ0v) is 17.1. The molecule has 0 radical (unpaired) electrons. The first-order chi connectivity index (χ1) is 13.0. The summed E-state index contributed by atoms with van der Waals surface area (Å²) in [5, 5.41) is 9.87. The number of nitrogens with zero attached hydrogens (tertiary/aromatic N) is 2. The number of carboxylic acids is 1. The van der Waals surface area contributed by atoms with E-state index < -0.39 is 5.97 Å². The number of likely N-dealkylation sites (tertiary alicyclic amines) is 2. The fraction of sp³-hybridized carbons (Fsp3) is 0.650. The zero-order chi connectivity index (χ0) is 19.2. The minimum Gasteiger partial charge on any atom is -0.490 e. The Kier molecular flexibility index (Phi) is 7.65. The van der Waals surface area contributed by atoms with Crippen LogP contribution in [-0.2, 0) is 4.79 Å². The quantitative estimate of drug-likeness (QED) is 0.729. The van der Waals surface area contributed by atoms with Gasteiger partial charge in [0, 0.05) is 32.2 Å². The van der Waals surface area contributed by atoms with E-state index in [1.54, 1.807) is 12.1 Å². The van der Waals surface area contributed by atoms with Crippen molar-refractivity contribution < 1.29 is 14.6 Å². The average Bonchev–Trinajstić information content (AvgIpc) is 2.66. The van der Waals surface area contributed by atoms with Gasteiger partial charge in [-0.15, -0.1) is 0 Å². The summed E-state index contributed by atoms with van der Waals surface area (Å²) in [5.74, 6) is 0.804. The van der Waals surface area contributed by atoms with Gasteiger partial charge in [0.1, 0.15) is 11.9 Å². The van der Waals surface area contributed by atoms with Crippen LogP contribution in [0.5, 0.6) is 5.75 Å². The Balaban J connectivity index is 1.35. The Bertz CT molecular complexity index is 628. The van der Waals surface area contributed by atoms with E-state index in [1.165, 1.54) is 12.8 Å². The van der Waals surface area contributed by atoms with E-state index in [1.807, 2.05) is 6.07 Å². The standard InChI is InChI=1S/C20H28Cl2N2O3/c21-18-2-1-17(13-19(18)22)27-16-5-10-24(11-6-16)14-15-3-8-23(9-4-15)12-7-20(25)26/h1-2,13,15-16H,3-12,14H2,(H,25,26). The van der Waals surface area contributed by atoms with E-state index >= 15 is 0 Å². The van der Waals surface area contributed by atoms with Crippen molar-refractivity contribution in [3.63, 3.8) is 0 Å². The highest BCUT2D eigenvalue weighted by molar-refractivity contribution is 6.42. The fourth-order valence-corrected chi connectivity index (χ4v) is 4.25. The molecule has 5 nitrogen and oxygen atoms in total. The molecule has 0 amide bonds. The SMILES string of the molecule is O=C(O)CCN1CCC(CN2CCC(Oc3ccc(Cl)c(Cl)c3)CC2)CC1. The molecule has 27 heavy (non-hydrogen) atoms. The molecule has 0 unspecified atom stereocenters. The summed E-state index contributed by atoms with van der Waals surface area (Å²) >= 11 is 12.0. The van der Waals surface area contributed by atoms with Crippen LogP contribution in [-0.4, -0.2) is 66.2 Å². The lowest BCUT2D eigenvalue weighted by Gasteiger charge is -2.37. The van der Waals surface area contributed by atoms with Crippen molar-refractivity contribution in [3.8, 4) is 5.75 Å². The molecule has 0 aliphatic carbocycles. The van der Waals surface area contributed by atoms with Crippen LogP contribution in [0.25, 0.3) is 0 Å². The van der Waals surface area contributed by atoms with E-state index in [0.717, 1.165) is 57.2 Å². The van der Waals surface area contributed by atoms with Crippen LogP contribution in [0.3, 0.4) is 0 Å². The monoisotopic (exact) mass is 414 g/mol. The molecule has 0 atom stereocenters. The summed E-state index contributed by atoms with van der Waals surface area (Å²) < 4.78 is 6.07. The van der Waals surface area contributed by atoms with Crippen LogP contribution < -0.4 is 4.74 Å². The molecule has 3 rings (SSSR count). The number of ether oxygens (including phenoxy) is 1. The number of hydrogen-bond donors (Lipinski definition) is 1. The predicted octanol–water partition coefficient (Wildman–Crippen LogP) is 4.02. The fourth-order valence-electron chi connectivity index (χ4n) is 3.96. The van der Waals surface area contributed by atoms with Crippen molar-refractivity contribution in [2.45, 2.75) is 38.2 Å². The van der Waals surface area contributed by atoms with Gasteiger partial charge >= 0.3 is 5.97 Å². The lowest BCUT2D eigenvalue weighted by molar-refractivity contribution is -0.137. The molecule has 1 N–H and O–H groups in total. The van der Waals surface area contributed by atoms with Crippen molar-refractivity contribution in [1.29, 1.82) is 0 Å². The molecule has 2 saturated heterocycles. The van der Waals surface area contributed by atoms with Crippen LogP contribution in [0.4, 0.5) is 0 Å². The second-order valence-electron chi connectivity index (χ2n) is 7.62. The van der Waals surface area contributed by atoms with E-state index in [4.69, 9.17) is 33.0 Å². The van der Waals surface area contributed by atoms with Crippen LogP contribution in [0.2, 0.25) is 10.0 Å². The van der Waals surface area contributed by atoms with Crippen LogP contribution >= 0.6 is 23.2 Å². The summed E-state index contributed by atoms with van der Waals surface area (Å²) in [6.45, 7) is 5.99. The van der Waals surface area contributed by atoms with Crippen molar-refractivity contribution in [1.82, 2.24) is 9.80 Å². The lowest BCUT2D eigenvalue weighted by atomic mass is 9.95. The second-order valence-corrected chi connectivity index (χ2v) is 8.44. The van der Waals surface area contributed by atoms with Gasteiger partial charge in [-0.3, -0.25) is 4.79 Å². The maximum Gasteiger partial charge on any atom is 0.304 e. The van der Waals surface area contributed by atoms with Crippen LogP contribution in [0.15, 0.2) is 18.2 Å². The maximum atomic E-state index is 10.7. The molecule has 150 valence electrons. The predicted molar refractivity (Wildman–Crippen MR) is 108 cm³/mol. The van der Waals surface area contributed by atoms with Gasteiger partial charge in [0.05, 0.1) is 16.5 Å². The van der Waals surface area contributed by atoms with Gasteiger partial charge in [-0.2, -0.15) is 0 Å². The van der Waals surface area contributed by atoms with Gasteiger partial charge in [-0.1, -0.05) is 23.2 Å². The molecule has 2 aliphatic rings. The van der Waals surface area contributed by atoms with E-state index in [-0.39, 0.29) is 12.5 Å². The lowest BCUT2D eigenvalue weighted by Crippen LogP contribution is -2.43. The number of hydrogen-bond acceptors (Lipinski definition) is 4. The number of carboxylic acid groups (broad SMARTS) is 1. The first-order valence-corrected chi connectivity index (χ1v) is 10.5. The summed E-state index contributed by atoms with van der Waals surface area (Å²) in [6.07, 6.45) is 4.86. The minimum absolute atomic E-state index is 0.233. The van der Waals surface area contributed by atoms with Crippen molar-refractivity contribution in [2.24, 2.45) is 5.92 Å². The molecule has 0 spiro atoms.